The van der Waals surface area contributed by atoms with Crippen molar-refractivity contribution in [3.63, 3.8) is 0 Å². The molecule has 0 amide bonds. The average molecular weight is 569 g/mol. The summed E-state index contributed by atoms with van der Waals surface area (Å²) in [4.78, 5) is 12.1. The number of aryl methyl sites for hydroxylation is 1. The molecule has 0 saturated carbocycles. The van der Waals surface area contributed by atoms with Crippen LogP contribution < -0.4 is 14.8 Å². The van der Waals surface area contributed by atoms with Gasteiger partial charge < -0.3 is 24.6 Å². The molecule has 2 aromatic rings. The Morgan fingerprint density at radius 2 is 1.94 bits per heavy atom. The van der Waals surface area contributed by atoms with E-state index in [0.29, 0.717) is 13.3 Å². The van der Waals surface area contributed by atoms with Gasteiger partial charge >= 0.3 is 0 Å². The number of hydrogen-bond donors (Lipinski definition) is 1. The van der Waals surface area contributed by atoms with Crippen molar-refractivity contribution in [2.24, 2.45) is 12.0 Å². The molecule has 1 saturated heterocycles. The number of fused-ring (bicyclic) bond motifs is 1. The minimum Gasteiger partial charge on any atom is -0.454 e. The zero-order valence-electron chi connectivity index (χ0n) is 20.0. The molecule has 2 aliphatic heterocycles. The molecule has 1 unspecified atom stereocenters. The van der Waals surface area contributed by atoms with Crippen molar-refractivity contribution in [3.8, 4) is 11.5 Å². The highest BCUT2D eigenvalue weighted by molar-refractivity contribution is 14.0. The van der Waals surface area contributed by atoms with Crippen LogP contribution in [-0.2, 0) is 13.6 Å². The summed E-state index contributed by atoms with van der Waals surface area (Å²) in [5.41, 5.74) is 2.44. The van der Waals surface area contributed by atoms with Crippen molar-refractivity contribution in [3.05, 3.63) is 41.7 Å². The van der Waals surface area contributed by atoms with Gasteiger partial charge in [0.25, 0.3) is 0 Å². The number of halogens is 1. The molecule has 0 bridgehead atoms. The first kappa shape index (κ1) is 25.6. The highest BCUT2D eigenvalue weighted by atomic mass is 127. The molecule has 4 rings (SSSR count). The number of piperazine rings is 1. The first-order chi connectivity index (χ1) is 15.5. The highest BCUT2D eigenvalue weighted by Crippen LogP contribution is 2.32. The zero-order chi connectivity index (χ0) is 22.5. The average Bonchev–Trinajstić information content (AvgIpc) is 3.42. The molecule has 2 aliphatic rings. The van der Waals surface area contributed by atoms with Gasteiger partial charge in [0.05, 0.1) is 18.8 Å². The first-order valence-corrected chi connectivity index (χ1v) is 11.3. The molecule has 3 heterocycles. The van der Waals surface area contributed by atoms with Crippen LogP contribution >= 0.6 is 24.0 Å². The fraction of sp³-hybridized carbons (Fsp3) is 0.565. The predicted octanol–water partition coefficient (Wildman–Crippen LogP) is 2.15. The zero-order valence-corrected chi connectivity index (χ0v) is 22.4. The van der Waals surface area contributed by atoms with Gasteiger partial charge in [-0.1, -0.05) is 6.07 Å². The number of aromatic nitrogens is 2. The van der Waals surface area contributed by atoms with Crippen LogP contribution in [0.2, 0.25) is 0 Å². The van der Waals surface area contributed by atoms with Gasteiger partial charge in [-0.2, -0.15) is 5.10 Å². The van der Waals surface area contributed by atoms with E-state index in [1.165, 1.54) is 11.1 Å². The Labute approximate surface area is 213 Å². The molecule has 1 aromatic heterocycles. The van der Waals surface area contributed by atoms with Crippen LogP contribution in [0.1, 0.15) is 24.1 Å². The van der Waals surface area contributed by atoms with Crippen LogP contribution in [0, 0.1) is 0 Å². The third-order valence-corrected chi connectivity index (χ3v) is 6.00. The summed E-state index contributed by atoms with van der Waals surface area (Å²) < 4.78 is 12.8. The Hall–Kier alpha value is -2.05. The predicted molar refractivity (Wildman–Crippen MR) is 140 cm³/mol. The van der Waals surface area contributed by atoms with E-state index in [-0.39, 0.29) is 30.0 Å². The summed E-state index contributed by atoms with van der Waals surface area (Å²) in [7, 11) is 6.14. The molecule has 33 heavy (non-hydrogen) atoms. The van der Waals surface area contributed by atoms with Crippen LogP contribution in [0.4, 0.5) is 0 Å². The van der Waals surface area contributed by atoms with E-state index in [1.54, 1.807) is 0 Å². The Bertz CT molecular complexity index is 925. The standard InChI is InChI=1S/C23H35N7O2.HI/c1-5-24-23(25-14-20(27(2)3)19-13-26-28(4)16-19)30-10-8-29(9-11-30)15-18-6-7-21-22(12-18)32-17-31-21;/h6-7,12-13,16,20H,5,8-11,14-15,17H2,1-4H3,(H,24,25);1H. The Kier molecular flexibility index (Phi) is 9.21. The molecule has 1 aromatic carbocycles. The lowest BCUT2D eigenvalue weighted by Crippen LogP contribution is -2.52. The van der Waals surface area contributed by atoms with Gasteiger partial charge in [0.15, 0.2) is 17.5 Å². The van der Waals surface area contributed by atoms with Crippen LogP contribution in [0.3, 0.4) is 0 Å². The van der Waals surface area contributed by atoms with Gasteiger partial charge in [-0.3, -0.25) is 14.6 Å². The van der Waals surface area contributed by atoms with Crippen molar-refractivity contribution in [2.75, 3.05) is 60.2 Å². The van der Waals surface area contributed by atoms with E-state index in [0.717, 1.165) is 56.7 Å². The second-order valence-electron chi connectivity index (χ2n) is 8.57. The fourth-order valence-corrected chi connectivity index (χ4v) is 4.19. The second-order valence-corrected chi connectivity index (χ2v) is 8.57. The first-order valence-electron chi connectivity index (χ1n) is 11.3. The number of nitrogens with one attached hydrogen (secondary N) is 1. The summed E-state index contributed by atoms with van der Waals surface area (Å²) in [5, 5.41) is 7.81. The molecular formula is C23H36IN7O2. The molecular weight excluding hydrogens is 533 g/mol. The van der Waals surface area contributed by atoms with E-state index in [2.05, 4.69) is 64.5 Å². The van der Waals surface area contributed by atoms with Crippen LogP contribution in [0.25, 0.3) is 0 Å². The van der Waals surface area contributed by atoms with Gasteiger partial charge in [-0.25, -0.2) is 0 Å². The number of ether oxygens (including phenoxy) is 2. The lowest BCUT2D eigenvalue weighted by molar-refractivity contribution is 0.171. The van der Waals surface area contributed by atoms with Gasteiger partial charge in [0.2, 0.25) is 6.79 Å². The summed E-state index contributed by atoms with van der Waals surface area (Å²) in [6.45, 7) is 8.81. The molecule has 0 aliphatic carbocycles. The molecule has 1 atom stereocenters. The third-order valence-electron chi connectivity index (χ3n) is 6.00. The maximum Gasteiger partial charge on any atom is 0.231 e. The summed E-state index contributed by atoms with van der Waals surface area (Å²) in [6.07, 6.45) is 4.00. The fourth-order valence-electron chi connectivity index (χ4n) is 4.19. The quantitative estimate of drug-likeness (QED) is 0.312. The van der Waals surface area contributed by atoms with Crippen LogP contribution in [0.15, 0.2) is 35.6 Å². The number of nitrogens with zero attached hydrogens (tertiary/aromatic N) is 6. The van der Waals surface area contributed by atoms with Gasteiger partial charge in [-0.05, 0) is 38.7 Å². The SMILES string of the molecule is CCNC(=NCC(c1cnn(C)c1)N(C)C)N1CCN(Cc2ccc3c(c2)OCO3)CC1.I. The molecule has 182 valence electrons. The number of aliphatic imine (C=N–C) groups is 1. The monoisotopic (exact) mass is 569 g/mol. The molecule has 9 nitrogen and oxygen atoms in total. The smallest absolute Gasteiger partial charge is 0.231 e. The Morgan fingerprint density at radius 1 is 1.18 bits per heavy atom. The lowest BCUT2D eigenvalue weighted by Gasteiger charge is -2.36. The summed E-state index contributed by atoms with van der Waals surface area (Å²) in [5.74, 6) is 2.69. The summed E-state index contributed by atoms with van der Waals surface area (Å²) >= 11 is 0. The maximum absolute atomic E-state index is 5.52. The minimum atomic E-state index is 0. The van der Waals surface area contributed by atoms with Gasteiger partial charge in [0.1, 0.15) is 0 Å². The molecule has 0 spiro atoms. The number of rotatable bonds is 7. The Morgan fingerprint density at radius 3 is 2.61 bits per heavy atom. The normalized spacial score (nSPS) is 17.2. The molecule has 0 radical (unpaired) electrons. The number of guanidine groups is 1. The lowest BCUT2D eigenvalue weighted by atomic mass is 10.1. The number of hydrogen-bond acceptors (Lipinski definition) is 6. The Balaban J connectivity index is 0.00000306. The van der Waals surface area contributed by atoms with Crippen molar-refractivity contribution < 1.29 is 9.47 Å². The topological polar surface area (TPSA) is 70.4 Å². The highest BCUT2D eigenvalue weighted by Gasteiger charge is 2.22. The van der Waals surface area contributed by atoms with Crippen molar-refractivity contribution in [1.29, 1.82) is 0 Å². The van der Waals surface area contributed by atoms with Crippen molar-refractivity contribution in [2.45, 2.75) is 19.5 Å². The van der Waals surface area contributed by atoms with Gasteiger partial charge in [0, 0.05) is 58.1 Å². The van der Waals surface area contributed by atoms with Crippen LogP contribution in [0.5, 0.6) is 11.5 Å². The largest absolute Gasteiger partial charge is 0.454 e. The van der Waals surface area contributed by atoms with Gasteiger partial charge in [-0.15, -0.1) is 24.0 Å². The van der Waals surface area contributed by atoms with E-state index in [4.69, 9.17) is 14.5 Å². The maximum atomic E-state index is 5.52. The summed E-state index contributed by atoms with van der Waals surface area (Å²) in [6, 6.07) is 6.43. The van der Waals surface area contributed by atoms with Crippen LogP contribution in [-0.4, -0.2) is 90.6 Å². The number of benzene rings is 1. The molecule has 10 heteroatoms. The minimum absolute atomic E-state index is 0. The van der Waals surface area contributed by atoms with E-state index in [1.807, 2.05) is 24.0 Å². The van der Waals surface area contributed by atoms with Crippen molar-refractivity contribution in [1.82, 2.24) is 29.8 Å². The van der Waals surface area contributed by atoms with E-state index >= 15 is 0 Å². The number of likely N-dealkylation sites (N-methyl/N-ethyl adjacent to an activating group) is 1. The second kappa shape index (κ2) is 11.9. The van der Waals surface area contributed by atoms with Crippen molar-refractivity contribution >= 4 is 29.9 Å². The molecule has 1 fully saturated rings. The van der Waals surface area contributed by atoms with E-state index in [9.17, 15) is 0 Å². The van der Waals surface area contributed by atoms with E-state index < -0.39 is 0 Å². The third kappa shape index (κ3) is 6.51. The molecule has 1 N–H and O–H groups in total.